The van der Waals surface area contributed by atoms with Gasteiger partial charge in [0.25, 0.3) is 0 Å². The summed E-state index contributed by atoms with van der Waals surface area (Å²) in [7, 11) is 0. The first kappa shape index (κ1) is 78.9. The van der Waals surface area contributed by atoms with Crippen molar-refractivity contribution >= 4 is 17.9 Å². The Hall–Kier alpha value is -2.11. The van der Waals surface area contributed by atoms with Gasteiger partial charge in [-0.2, -0.15) is 0 Å². The highest BCUT2D eigenvalue weighted by Crippen LogP contribution is 2.19. The van der Waals surface area contributed by atoms with E-state index in [1.807, 2.05) is 0 Å². The maximum absolute atomic E-state index is 12.9. The SMILES string of the molecule is CCCCCC/C=C\CCCCCCCC(=O)OCC(COC(=O)CCCCCCCCCCCCCCCCCCCCCCCCC/C=C\CCCCCCCCCC)OC(=O)CCCCCCCCCCCCCCCCC. The molecule has 0 rings (SSSR count). The second kappa shape index (κ2) is 70.4. The maximum Gasteiger partial charge on any atom is 0.306 e. The van der Waals surface area contributed by atoms with Crippen LogP contribution in [0, 0.1) is 0 Å². The summed E-state index contributed by atoms with van der Waals surface area (Å²) in [6.07, 6.45) is 86.7. The van der Waals surface area contributed by atoms with Crippen LogP contribution in [0.5, 0.6) is 0 Å². The number of unbranched alkanes of at least 4 members (excludes halogenated alkanes) is 54. The van der Waals surface area contributed by atoms with Gasteiger partial charge in [0, 0.05) is 19.3 Å². The Kier molecular flexibility index (Phi) is 68.5. The molecule has 1 unspecified atom stereocenters. The van der Waals surface area contributed by atoms with Crippen molar-refractivity contribution in [3.63, 3.8) is 0 Å². The minimum Gasteiger partial charge on any atom is -0.462 e. The van der Waals surface area contributed by atoms with Gasteiger partial charge in [-0.05, 0) is 70.6 Å². The molecule has 0 amide bonds. The topological polar surface area (TPSA) is 78.9 Å². The number of carbonyl (C=O) groups excluding carboxylic acids is 3. The lowest BCUT2D eigenvalue weighted by Gasteiger charge is -2.18. The standard InChI is InChI=1S/C75H142O6/c1-4-7-10-13-16-19-22-25-27-28-29-30-31-32-33-34-35-36-37-38-39-40-41-42-43-44-45-46-48-50-53-56-59-62-65-68-74(77)80-71-72(70-79-73(76)67-64-61-58-55-52-49-24-21-18-15-12-9-6-3)81-75(78)69-66-63-60-57-54-51-47-26-23-20-17-14-11-8-5-2/h21,24,28-29,72H,4-20,22-23,25-27,30-71H2,1-3H3/b24-21-,29-28-. The molecular weight excluding hydrogens is 997 g/mol. The summed E-state index contributed by atoms with van der Waals surface area (Å²) in [5, 5.41) is 0. The molecule has 0 aliphatic rings. The van der Waals surface area contributed by atoms with Gasteiger partial charge in [-0.1, -0.05) is 353 Å². The molecule has 0 bridgehead atoms. The van der Waals surface area contributed by atoms with Gasteiger partial charge in [0.2, 0.25) is 0 Å². The zero-order valence-electron chi connectivity index (χ0n) is 55.1. The van der Waals surface area contributed by atoms with E-state index in [2.05, 4.69) is 45.1 Å². The molecule has 0 aromatic rings. The van der Waals surface area contributed by atoms with E-state index >= 15 is 0 Å². The van der Waals surface area contributed by atoms with Gasteiger partial charge in [-0.15, -0.1) is 0 Å². The smallest absolute Gasteiger partial charge is 0.306 e. The average molecular weight is 1140 g/mol. The number of esters is 3. The minimum absolute atomic E-state index is 0.0670. The lowest BCUT2D eigenvalue weighted by atomic mass is 10.0. The Morgan fingerprint density at radius 3 is 0.630 bits per heavy atom. The molecule has 0 heterocycles. The van der Waals surface area contributed by atoms with Gasteiger partial charge < -0.3 is 14.2 Å². The van der Waals surface area contributed by atoms with Gasteiger partial charge >= 0.3 is 17.9 Å². The number of allylic oxidation sites excluding steroid dienone is 4. The zero-order chi connectivity index (χ0) is 58.5. The molecule has 0 saturated heterocycles. The molecular formula is C75H142O6. The van der Waals surface area contributed by atoms with Crippen molar-refractivity contribution < 1.29 is 28.6 Å². The largest absolute Gasteiger partial charge is 0.462 e. The lowest BCUT2D eigenvalue weighted by molar-refractivity contribution is -0.167. The summed E-state index contributed by atoms with van der Waals surface area (Å²) in [6.45, 7) is 6.69. The second-order valence-corrected chi connectivity index (χ2v) is 25.2. The van der Waals surface area contributed by atoms with Gasteiger partial charge in [-0.25, -0.2) is 0 Å². The number of rotatable bonds is 69. The van der Waals surface area contributed by atoms with Gasteiger partial charge in [-0.3, -0.25) is 14.4 Å². The molecule has 0 spiro atoms. The first-order valence-electron chi connectivity index (χ1n) is 36.8. The molecule has 0 radical (unpaired) electrons. The van der Waals surface area contributed by atoms with Gasteiger partial charge in [0.05, 0.1) is 0 Å². The van der Waals surface area contributed by atoms with E-state index in [0.717, 1.165) is 64.2 Å². The first-order chi connectivity index (χ1) is 40.0. The van der Waals surface area contributed by atoms with Crippen LogP contribution in [0.1, 0.15) is 419 Å². The van der Waals surface area contributed by atoms with Gasteiger partial charge in [0.15, 0.2) is 6.10 Å². The first-order valence-corrected chi connectivity index (χ1v) is 36.8. The van der Waals surface area contributed by atoms with Crippen molar-refractivity contribution in [2.75, 3.05) is 13.2 Å². The number of ether oxygens (including phenoxy) is 3. The summed E-state index contributed by atoms with van der Waals surface area (Å²) in [5.41, 5.74) is 0. The summed E-state index contributed by atoms with van der Waals surface area (Å²) < 4.78 is 17.0. The van der Waals surface area contributed by atoms with Crippen LogP contribution in [0.3, 0.4) is 0 Å². The fourth-order valence-electron chi connectivity index (χ4n) is 11.4. The molecule has 81 heavy (non-hydrogen) atoms. The van der Waals surface area contributed by atoms with E-state index < -0.39 is 6.10 Å². The van der Waals surface area contributed by atoms with Crippen LogP contribution in [-0.4, -0.2) is 37.2 Å². The Morgan fingerprint density at radius 1 is 0.235 bits per heavy atom. The minimum atomic E-state index is -0.770. The number of hydrogen-bond acceptors (Lipinski definition) is 6. The third-order valence-corrected chi connectivity index (χ3v) is 16.9. The van der Waals surface area contributed by atoms with E-state index in [0.29, 0.717) is 19.3 Å². The highest BCUT2D eigenvalue weighted by molar-refractivity contribution is 5.71. The van der Waals surface area contributed by atoms with Crippen molar-refractivity contribution in [3.8, 4) is 0 Å². The Bertz CT molecular complexity index is 1310. The van der Waals surface area contributed by atoms with Crippen LogP contribution < -0.4 is 0 Å². The fraction of sp³-hybridized carbons (Fsp3) is 0.907. The van der Waals surface area contributed by atoms with Crippen molar-refractivity contribution in [3.05, 3.63) is 24.3 Å². The number of carbonyl (C=O) groups is 3. The van der Waals surface area contributed by atoms with Crippen LogP contribution in [0.25, 0.3) is 0 Å². The molecule has 0 aliphatic carbocycles. The molecule has 0 aliphatic heterocycles. The monoisotopic (exact) mass is 1140 g/mol. The lowest BCUT2D eigenvalue weighted by Crippen LogP contribution is -2.30. The van der Waals surface area contributed by atoms with Crippen LogP contribution in [0.15, 0.2) is 24.3 Å². The van der Waals surface area contributed by atoms with Gasteiger partial charge in [0.1, 0.15) is 13.2 Å². The van der Waals surface area contributed by atoms with Crippen molar-refractivity contribution in [1.82, 2.24) is 0 Å². The Labute approximate surface area is 506 Å². The normalized spacial score (nSPS) is 12.1. The Morgan fingerprint density at radius 2 is 0.407 bits per heavy atom. The molecule has 6 heteroatoms. The summed E-state index contributed by atoms with van der Waals surface area (Å²) in [5.74, 6) is -0.845. The molecule has 0 fully saturated rings. The molecule has 0 N–H and O–H groups in total. The average Bonchev–Trinajstić information content (AvgIpc) is 3.46. The maximum atomic E-state index is 12.9. The molecule has 6 nitrogen and oxygen atoms in total. The summed E-state index contributed by atoms with van der Waals surface area (Å²) in [6, 6.07) is 0. The molecule has 0 aromatic heterocycles. The van der Waals surface area contributed by atoms with E-state index in [4.69, 9.17) is 14.2 Å². The van der Waals surface area contributed by atoms with E-state index in [1.165, 1.54) is 315 Å². The van der Waals surface area contributed by atoms with Crippen LogP contribution in [0.4, 0.5) is 0 Å². The van der Waals surface area contributed by atoms with E-state index in [1.54, 1.807) is 0 Å². The summed E-state index contributed by atoms with van der Waals surface area (Å²) in [4.78, 5) is 38.3. The highest BCUT2D eigenvalue weighted by atomic mass is 16.6. The summed E-state index contributed by atoms with van der Waals surface area (Å²) >= 11 is 0. The van der Waals surface area contributed by atoms with Crippen molar-refractivity contribution in [2.45, 2.75) is 425 Å². The third kappa shape index (κ3) is 68.6. The predicted molar refractivity (Wildman–Crippen MR) is 353 cm³/mol. The second-order valence-electron chi connectivity index (χ2n) is 25.2. The number of hydrogen-bond donors (Lipinski definition) is 0. The molecule has 478 valence electrons. The van der Waals surface area contributed by atoms with Crippen LogP contribution in [-0.2, 0) is 28.6 Å². The third-order valence-electron chi connectivity index (χ3n) is 16.9. The molecule has 0 aromatic carbocycles. The highest BCUT2D eigenvalue weighted by Gasteiger charge is 2.19. The van der Waals surface area contributed by atoms with Crippen molar-refractivity contribution in [1.29, 1.82) is 0 Å². The molecule has 0 saturated carbocycles. The predicted octanol–water partition coefficient (Wildman–Crippen LogP) is 25.3. The van der Waals surface area contributed by atoms with Crippen molar-refractivity contribution in [2.24, 2.45) is 0 Å². The van der Waals surface area contributed by atoms with Crippen LogP contribution >= 0.6 is 0 Å². The van der Waals surface area contributed by atoms with E-state index in [9.17, 15) is 14.4 Å². The molecule has 1 atom stereocenters. The Balaban J connectivity index is 4.03. The fourth-order valence-corrected chi connectivity index (χ4v) is 11.4. The quantitative estimate of drug-likeness (QED) is 0.0261. The van der Waals surface area contributed by atoms with E-state index in [-0.39, 0.29) is 31.1 Å². The zero-order valence-corrected chi connectivity index (χ0v) is 55.1. The van der Waals surface area contributed by atoms with Crippen LogP contribution in [0.2, 0.25) is 0 Å².